The fourth-order valence-corrected chi connectivity index (χ4v) is 4.56. The van der Waals surface area contributed by atoms with Gasteiger partial charge in [-0.05, 0) is 41.8 Å². The first kappa shape index (κ1) is 26.5. The Kier molecular flexibility index (Phi) is 11.0. The number of ether oxygens (including phenoxy) is 2. The highest BCUT2D eigenvalue weighted by Gasteiger charge is 2.20. The summed E-state index contributed by atoms with van der Waals surface area (Å²) in [6, 6.07) is 10.8. The van der Waals surface area contributed by atoms with Gasteiger partial charge in [0.25, 0.3) is 5.09 Å². The molecule has 10 heteroatoms. The van der Waals surface area contributed by atoms with Crippen LogP contribution in [0.15, 0.2) is 49.1 Å². The molecule has 0 heterocycles. The maximum absolute atomic E-state index is 12.4. The van der Waals surface area contributed by atoms with E-state index in [0.29, 0.717) is 24.3 Å². The topological polar surface area (TPSA) is 105 Å². The van der Waals surface area contributed by atoms with Gasteiger partial charge in [-0.3, -0.25) is 9.59 Å². The average molecular weight is 494 g/mol. The third-order valence-corrected chi connectivity index (χ3v) is 7.00. The van der Waals surface area contributed by atoms with E-state index in [1.807, 2.05) is 24.3 Å². The first-order valence-corrected chi connectivity index (χ1v) is 12.9. The number of fused-ring (bicyclic) bond motifs is 1. The molecule has 2 atom stereocenters. The van der Waals surface area contributed by atoms with Gasteiger partial charge in [0.05, 0.1) is 12.3 Å². The van der Waals surface area contributed by atoms with Crippen molar-refractivity contribution in [1.82, 2.24) is 0 Å². The van der Waals surface area contributed by atoms with Gasteiger partial charge in [0.2, 0.25) is 0 Å². The van der Waals surface area contributed by atoms with Crippen LogP contribution in [-0.2, 0) is 19.2 Å². The molecule has 0 bridgehead atoms. The van der Waals surface area contributed by atoms with Crippen molar-refractivity contribution in [2.24, 2.45) is 0 Å². The van der Waals surface area contributed by atoms with Crippen molar-refractivity contribution in [1.29, 1.82) is 0 Å². The Morgan fingerprint density at radius 1 is 1.18 bits per heavy atom. The molecule has 0 aliphatic heterocycles. The zero-order valence-corrected chi connectivity index (χ0v) is 20.2. The van der Waals surface area contributed by atoms with Crippen molar-refractivity contribution in [3.63, 3.8) is 0 Å². The lowest BCUT2D eigenvalue weighted by Gasteiger charge is -2.16. The van der Waals surface area contributed by atoms with Crippen molar-refractivity contribution >= 4 is 44.3 Å². The Morgan fingerprint density at radius 2 is 1.91 bits per heavy atom. The first-order chi connectivity index (χ1) is 15.8. The molecule has 0 aliphatic carbocycles. The quantitative estimate of drug-likeness (QED) is 0.0656. The minimum absolute atomic E-state index is 0.186. The van der Waals surface area contributed by atoms with E-state index in [1.54, 1.807) is 53.6 Å². The van der Waals surface area contributed by atoms with E-state index in [-0.39, 0.29) is 12.6 Å². The largest absolute Gasteiger partial charge is 0.463 e. The third-order valence-electron chi connectivity index (χ3n) is 4.68. The van der Waals surface area contributed by atoms with E-state index in [1.165, 1.54) is 0 Å². The van der Waals surface area contributed by atoms with Crippen LogP contribution in [0.4, 0.5) is 0 Å². The zero-order valence-electron chi connectivity index (χ0n) is 18.6. The monoisotopic (exact) mass is 493 g/mol. The normalized spacial score (nSPS) is 12.5. The maximum Gasteiger partial charge on any atom is 0.313 e. The standard InChI is InChI=1S/C23H27NO7S2/c1-4-11-32-33-12-10-22(25)30-21-9-8-18-13-17(6-7-19(18)14-21)16(3)23(26)29-15-20(5-2)31-24(27)28/h4,6-9,13-14,16,20H,1,5,10-12,15H2,2-3H3/t16-,20?/m0/s1. The van der Waals surface area contributed by atoms with Gasteiger partial charge in [-0.15, -0.1) is 16.7 Å². The number of hydrogen-bond acceptors (Lipinski definition) is 9. The molecule has 178 valence electrons. The van der Waals surface area contributed by atoms with Crippen molar-refractivity contribution in [2.75, 3.05) is 18.1 Å². The summed E-state index contributed by atoms with van der Waals surface area (Å²) in [6.45, 7) is 6.88. The Bertz CT molecular complexity index is 982. The lowest BCUT2D eigenvalue weighted by Crippen LogP contribution is -2.25. The van der Waals surface area contributed by atoms with E-state index in [2.05, 4.69) is 11.4 Å². The van der Waals surface area contributed by atoms with Crippen LogP contribution >= 0.6 is 21.6 Å². The van der Waals surface area contributed by atoms with Crippen LogP contribution in [0, 0.1) is 10.1 Å². The molecule has 33 heavy (non-hydrogen) atoms. The van der Waals surface area contributed by atoms with E-state index in [9.17, 15) is 19.7 Å². The molecule has 0 radical (unpaired) electrons. The van der Waals surface area contributed by atoms with E-state index < -0.39 is 23.1 Å². The van der Waals surface area contributed by atoms with E-state index >= 15 is 0 Å². The van der Waals surface area contributed by atoms with E-state index in [4.69, 9.17) is 9.47 Å². The predicted octanol–water partition coefficient (Wildman–Crippen LogP) is 5.34. The summed E-state index contributed by atoms with van der Waals surface area (Å²) in [6.07, 6.45) is 1.69. The van der Waals surface area contributed by atoms with Crippen LogP contribution < -0.4 is 4.74 Å². The molecule has 2 aromatic carbocycles. The highest BCUT2D eigenvalue weighted by atomic mass is 33.1. The Labute approximate surface area is 200 Å². The summed E-state index contributed by atoms with van der Waals surface area (Å²) in [5.41, 5.74) is 0.745. The molecule has 2 aromatic rings. The van der Waals surface area contributed by atoms with Gasteiger partial charge >= 0.3 is 11.9 Å². The molecule has 0 spiro atoms. The molecule has 8 nitrogen and oxygen atoms in total. The molecule has 0 saturated heterocycles. The summed E-state index contributed by atoms with van der Waals surface area (Å²) < 4.78 is 10.6. The molecule has 0 aromatic heterocycles. The molecule has 0 N–H and O–H groups in total. The molecule has 1 unspecified atom stereocenters. The second-order valence-corrected chi connectivity index (χ2v) is 9.73. The van der Waals surface area contributed by atoms with Crippen LogP contribution in [0.1, 0.15) is 38.2 Å². The van der Waals surface area contributed by atoms with Gasteiger partial charge in [-0.1, -0.05) is 58.9 Å². The van der Waals surface area contributed by atoms with Crippen molar-refractivity contribution in [3.05, 3.63) is 64.7 Å². The van der Waals surface area contributed by atoms with Crippen molar-refractivity contribution < 1.29 is 29.0 Å². The van der Waals surface area contributed by atoms with Crippen LogP contribution in [0.25, 0.3) is 10.8 Å². The van der Waals surface area contributed by atoms with Gasteiger partial charge in [-0.25, -0.2) is 0 Å². The molecule has 0 saturated carbocycles. The van der Waals surface area contributed by atoms with Gasteiger partial charge in [0.15, 0.2) is 0 Å². The van der Waals surface area contributed by atoms with Gasteiger partial charge in [-0.2, -0.15) is 0 Å². The second kappa shape index (κ2) is 13.7. The smallest absolute Gasteiger partial charge is 0.313 e. The summed E-state index contributed by atoms with van der Waals surface area (Å²) in [7, 11) is 3.25. The highest BCUT2D eigenvalue weighted by Crippen LogP contribution is 2.27. The number of carbonyl (C=O) groups excluding carboxylic acids is 2. The van der Waals surface area contributed by atoms with Crippen LogP contribution in [0.2, 0.25) is 0 Å². The second-order valence-electron chi connectivity index (χ2n) is 7.10. The lowest BCUT2D eigenvalue weighted by atomic mass is 9.98. The molecular weight excluding hydrogens is 466 g/mol. The summed E-state index contributed by atoms with van der Waals surface area (Å²) in [5, 5.41) is 11.3. The fourth-order valence-electron chi connectivity index (χ4n) is 2.82. The van der Waals surface area contributed by atoms with Crippen molar-refractivity contribution in [2.45, 2.75) is 38.7 Å². The summed E-state index contributed by atoms with van der Waals surface area (Å²) in [5.74, 6) is 0.622. The predicted molar refractivity (Wildman–Crippen MR) is 131 cm³/mol. The number of benzene rings is 2. The van der Waals surface area contributed by atoms with Gasteiger partial charge < -0.3 is 14.3 Å². The Morgan fingerprint density at radius 3 is 2.61 bits per heavy atom. The summed E-state index contributed by atoms with van der Waals surface area (Å²) in [4.78, 5) is 39.4. The molecular formula is C23H27NO7S2. The molecule has 0 aliphatic rings. The van der Waals surface area contributed by atoms with Crippen molar-refractivity contribution in [3.8, 4) is 5.75 Å². The first-order valence-electron chi connectivity index (χ1n) is 10.4. The average Bonchev–Trinajstić information content (AvgIpc) is 2.80. The summed E-state index contributed by atoms with van der Waals surface area (Å²) >= 11 is 0. The zero-order chi connectivity index (χ0) is 24.2. The minimum atomic E-state index is -0.886. The van der Waals surface area contributed by atoms with E-state index in [0.717, 1.165) is 22.1 Å². The molecule has 2 rings (SSSR count). The maximum atomic E-state index is 12.4. The van der Waals surface area contributed by atoms with Crippen LogP contribution in [0.3, 0.4) is 0 Å². The van der Waals surface area contributed by atoms with Crippen LogP contribution in [-0.4, -0.2) is 41.2 Å². The van der Waals surface area contributed by atoms with Crippen LogP contribution in [0.5, 0.6) is 5.75 Å². The number of hydrogen-bond donors (Lipinski definition) is 0. The van der Waals surface area contributed by atoms with Gasteiger partial charge in [0, 0.05) is 11.5 Å². The number of nitrogens with zero attached hydrogens (tertiary/aromatic N) is 1. The number of rotatable bonds is 14. The number of carbonyl (C=O) groups is 2. The Balaban J connectivity index is 1.95. The fraction of sp³-hybridized carbons (Fsp3) is 0.391. The molecule has 0 amide bonds. The number of esters is 2. The molecule has 0 fully saturated rings. The minimum Gasteiger partial charge on any atom is -0.463 e. The highest BCUT2D eigenvalue weighted by molar-refractivity contribution is 8.76. The van der Waals surface area contributed by atoms with Gasteiger partial charge in [0.1, 0.15) is 18.5 Å². The Hall–Kier alpha value is -2.72. The SMILES string of the molecule is C=CCSSCCC(=O)Oc1ccc2cc([C@H](C)C(=O)OCC(CC)O[N+](=O)[O-])ccc2c1. The third kappa shape index (κ3) is 8.97. The lowest BCUT2D eigenvalue weighted by molar-refractivity contribution is -0.769.